The van der Waals surface area contributed by atoms with Crippen LogP contribution in [0.3, 0.4) is 0 Å². The monoisotopic (exact) mass is 201 g/mol. The summed E-state index contributed by atoms with van der Waals surface area (Å²) < 4.78 is 17.2. The fourth-order valence-electron chi connectivity index (χ4n) is 0. The molecule has 0 aliphatic rings. The molecule has 1 atom stereocenters. The Labute approximate surface area is 82.4 Å². The van der Waals surface area contributed by atoms with E-state index in [-0.39, 0.29) is 37.7 Å². The van der Waals surface area contributed by atoms with Gasteiger partial charge in [0.15, 0.2) is 0 Å². The molecule has 0 rings (SSSR count). The third-order valence-electron chi connectivity index (χ3n) is 0. The fourth-order valence-corrected chi connectivity index (χ4v) is 0. The van der Waals surface area contributed by atoms with Gasteiger partial charge < -0.3 is 19.2 Å². The van der Waals surface area contributed by atoms with Gasteiger partial charge in [0.1, 0.15) is 0 Å². The second-order valence-corrected chi connectivity index (χ2v) is 1.68. The van der Waals surface area contributed by atoms with E-state index in [1.807, 2.05) is 0 Å². The normalized spacial score (nSPS) is 8.89. The van der Waals surface area contributed by atoms with Crippen molar-refractivity contribution in [2.45, 2.75) is 0 Å². The van der Waals surface area contributed by atoms with Gasteiger partial charge in [-0.3, -0.25) is 0 Å². The van der Waals surface area contributed by atoms with Crippen LogP contribution in [0.1, 0.15) is 0 Å². The van der Waals surface area contributed by atoms with E-state index in [2.05, 4.69) is 0 Å². The van der Waals surface area contributed by atoms with Gasteiger partial charge in [-0.15, -0.1) is 0 Å². The number of phosphoric acid groups is 1. The van der Waals surface area contributed by atoms with Crippen LogP contribution in [-0.2, 0) is 9.13 Å². The Hall–Kier alpha value is 1.43. The third-order valence-corrected chi connectivity index (χ3v) is 0. The summed E-state index contributed by atoms with van der Waals surface area (Å²) in [5, 5.41) is 0. The topological polar surface area (TPSA) is 121 Å². The molecule has 0 radical (unpaired) electrons. The van der Waals surface area contributed by atoms with E-state index in [1.54, 1.807) is 0 Å². The van der Waals surface area contributed by atoms with Crippen LogP contribution in [0.25, 0.3) is 0 Å². The molecule has 1 unspecified atom stereocenters. The van der Waals surface area contributed by atoms with Crippen LogP contribution in [0.4, 0.5) is 0 Å². The van der Waals surface area contributed by atoms with Gasteiger partial charge in [-0.25, -0.2) is 0 Å². The van der Waals surface area contributed by atoms with Crippen LogP contribution in [0.15, 0.2) is 0 Å². The van der Waals surface area contributed by atoms with Gasteiger partial charge in [0.05, 0.1) is 7.82 Å². The van der Waals surface area contributed by atoms with Crippen molar-refractivity contribution in [3.8, 4) is 0 Å². The minimum absolute atomic E-state index is 0. The van der Waals surface area contributed by atoms with Gasteiger partial charge in [0.25, 0.3) is 0 Å². The van der Waals surface area contributed by atoms with E-state index in [1.165, 1.54) is 0 Å². The average Bonchev–Trinajstić information content (AvgIpc) is 1.27. The molecule has 0 spiro atoms. The Morgan fingerprint density at radius 2 is 1.44 bits per heavy atom. The molecule has 0 aliphatic carbocycles. The molecule has 9 heteroatoms. The molecule has 0 heterocycles. The third kappa shape index (κ3) is 255. The van der Waals surface area contributed by atoms with E-state index < -0.39 is 16.5 Å². The first kappa shape index (κ1) is 16.8. The molecule has 0 fully saturated rings. The molecule has 9 heavy (non-hydrogen) atoms. The second kappa shape index (κ2) is 9.43. The summed E-state index contributed by atoms with van der Waals surface area (Å²) in [6.45, 7) is 0. The molecule has 50 valence electrons. The van der Waals surface area contributed by atoms with Crippen molar-refractivity contribution < 1.29 is 28.7 Å². The number of hydrogen-bond donors (Lipinski definition) is 2. The van der Waals surface area contributed by atoms with Crippen LogP contribution >= 0.6 is 16.5 Å². The minimum atomic E-state index is -5.14. The van der Waals surface area contributed by atoms with E-state index in [0.29, 0.717) is 0 Å². The Kier molecular flexibility index (Phi) is 17.6. The first-order valence-corrected chi connectivity index (χ1v) is 3.53. The van der Waals surface area contributed by atoms with Crippen molar-refractivity contribution in [3.05, 3.63) is 0 Å². The molecule has 0 saturated carbocycles. The molecule has 2 N–H and O–H groups in total. The molecule has 0 aromatic heterocycles. The maximum atomic E-state index is 8.66. The van der Waals surface area contributed by atoms with Crippen molar-refractivity contribution in [1.29, 1.82) is 0 Å². The summed E-state index contributed by atoms with van der Waals surface area (Å²) in [7, 11) is -6.31. The van der Waals surface area contributed by atoms with Gasteiger partial charge in [0, 0.05) is 0 Å². The minimum Gasteiger partial charge on any atom is -0.790 e. The summed E-state index contributed by atoms with van der Waals surface area (Å²) >= 11 is 0. The van der Waals surface area contributed by atoms with Gasteiger partial charge >= 0.3 is 46.4 Å². The van der Waals surface area contributed by atoms with Gasteiger partial charge in [0.2, 0.25) is 0 Å². The first-order chi connectivity index (χ1) is 3.41. The van der Waals surface area contributed by atoms with Crippen LogP contribution in [0.2, 0.25) is 0 Å². The zero-order chi connectivity index (χ0) is 7.21. The zero-order valence-corrected chi connectivity index (χ0v) is 8.28. The van der Waals surface area contributed by atoms with Crippen LogP contribution in [-0.4, -0.2) is 47.5 Å². The molecule has 0 amide bonds. The van der Waals surface area contributed by atoms with Crippen molar-refractivity contribution in [3.63, 3.8) is 0 Å². The van der Waals surface area contributed by atoms with Gasteiger partial charge in [-0.05, 0) is 4.57 Å². The standard InChI is InChI=1S/Ca.H3O4P.HO2P/c;1-5(2,3)4;1-3-2/h;(H3,1,2,3,4);3H/q+2;;/p-1. The first-order valence-electron chi connectivity index (χ1n) is 1.18. The smallest absolute Gasteiger partial charge is 0.790 e. The largest absolute Gasteiger partial charge is 2.00 e. The molecule has 0 aromatic carbocycles. The summed E-state index contributed by atoms with van der Waals surface area (Å²) in [4.78, 5) is 31.3. The molecule has 0 aliphatic heterocycles. The Bertz CT molecular complexity index is 85.0. The Morgan fingerprint density at radius 3 is 1.44 bits per heavy atom. The molecule has 6 nitrogen and oxygen atoms in total. The molecule has 0 aromatic rings. The number of rotatable bonds is 0. The quantitative estimate of drug-likeness (QED) is 0.326. The van der Waals surface area contributed by atoms with Crippen molar-refractivity contribution >= 4 is 54.2 Å². The summed E-state index contributed by atoms with van der Waals surface area (Å²) in [5.41, 5.74) is 0. The second-order valence-electron chi connectivity index (χ2n) is 0.560. The summed E-state index contributed by atoms with van der Waals surface area (Å²) in [6.07, 6.45) is 0. The van der Waals surface area contributed by atoms with E-state index in [4.69, 9.17) is 28.7 Å². The molecular formula is H3CaO6P2+. The Morgan fingerprint density at radius 1 is 1.44 bits per heavy atom. The predicted octanol–water partition coefficient (Wildman–Crippen LogP) is -2.66. The fraction of sp³-hybridized carbons (Fsp3) is 0. The average molecular weight is 201 g/mol. The molecule has 0 saturated heterocycles. The van der Waals surface area contributed by atoms with Crippen LogP contribution < -0.4 is 9.79 Å². The zero-order valence-electron chi connectivity index (χ0n) is 4.18. The van der Waals surface area contributed by atoms with Crippen LogP contribution in [0, 0.1) is 0 Å². The maximum Gasteiger partial charge on any atom is 2.00 e. The van der Waals surface area contributed by atoms with Crippen LogP contribution in [0.5, 0.6) is 0 Å². The molecule has 0 bridgehead atoms. The maximum absolute atomic E-state index is 8.66. The van der Waals surface area contributed by atoms with E-state index in [0.717, 1.165) is 0 Å². The van der Waals surface area contributed by atoms with E-state index >= 15 is 0 Å². The van der Waals surface area contributed by atoms with Gasteiger partial charge in [-0.2, -0.15) is 4.89 Å². The SMILES string of the molecule is O=P([O-])([O-])O.O=[PH+]O.[Ca+2]. The molecular weight excluding hydrogens is 198 g/mol. The van der Waals surface area contributed by atoms with Crippen molar-refractivity contribution in [1.82, 2.24) is 0 Å². The Balaban J connectivity index is -0.0000000800. The summed E-state index contributed by atoms with van der Waals surface area (Å²) in [5.74, 6) is 0. The van der Waals surface area contributed by atoms with Crippen molar-refractivity contribution in [2.75, 3.05) is 0 Å². The van der Waals surface area contributed by atoms with E-state index in [9.17, 15) is 0 Å². The predicted molar refractivity (Wildman–Crippen MR) is 26.8 cm³/mol. The van der Waals surface area contributed by atoms with Gasteiger partial charge in [-0.1, -0.05) is 0 Å². The van der Waals surface area contributed by atoms with Crippen molar-refractivity contribution in [2.24, 2.45) is 0 Å². The summed E-state index contributed by atoms with van der Waals surface area (Å²) in [6, 6.07) is 0. The number of hydrogen-bond acceptors (Lipinski definition) is 4.